The Morgan fingerprint density at radius 2 is 2.08 bits per heavy atom. The van der Waals surface area contributed by atoms with Gasteiger partial charge >= 0.3 is 0 Å². The number of carbonyl (C=O) groups is 1. The SMILES string of the molecule is CCCCN(Cc1ccc(C)s1)C(=O)c1cc(-c2ccccc2O)n[nH]1. The lowest BCUT2D eigenvalue weighted by molar-refractivity contribution is 0.0736. The molecule has 0 atom stereocenters. The lowest BCUT2D eigenvalue weighted by Gasteiger charge is -2.21. The molecule has 2 aromatic heterocycles. The van der Waals surface area contributed by atoms with Crippen LogP contribution in [0.4, 0.5) is 0 Å². The lowest BCUT2D eigenvalue weighted by Crippen LogP contribution is -2.31. The topological polar surface area (TPSA) is 69.2 Å². The van der Waals surface area contributed by atoms with Gasteiger partial charge in [-0.15, -0.1) is 11.3 Å². The molecule has 0 saturated carbocycles. The summed E-state index contributed by atoms with van der Waals surface area (Å²) in [6, 6.07) is 12.8. The molecule has 1 aromatic carbocycles. The zero-order valence-electron chi connectivity index (χ0n) is 15.0. The molecule has 5 nitrogen and oxygen atoms in total. The molecular formula is C20H23N3O2S. The predicted molar refractivity (Wildman–Crippen MR) is 104 cm³/mol. The number of amides is 1. The minimum Gasteiger partial charge on any atom is -0.507 e. The molecule has 136 valence electrons. The molecule has 0 unspecified atom stereocenters. The average Bonchev–Trinajstić information content (AvgIpc) is 3.27. The maximum atomic E-state index is 13.0. The molecule has 0 aliphatic carbocycles. The van der Waals surface area contributed by atoms with Gasteiger partial charge in [-0.3, -0.25) is 9.89 Å². The first-order valence-corrected chi connectivity index (χ1v) is 9.58. The number of phenolic OH excluding ortho intramolecular Hbond substituents is 1. The Hall–Kier alpha value is -2.60. The van der Waals surface area contributed by atoms with Gasteiger partial charge < -0.3 is 10.0 Å². The summed E-state index contributed by atoms with van der Waals surface area (Å²) < 4.78 is 0. The molecule has 0 fully saturated rings. The highest BCUT2D eigenvalue weighted by Gasteiger charge is 2.20. The van der Waals surface area contributed by atoms with Crippen LogP contribution in [-0.2, 0) is 6.54 Å². The molecule has 0 aliphatic heterocycles. The number of thiophene rings is 1. The zero-order valence-corrected chi connectivity index (χ0v) is 15.8. The zero-order chi connectivity index (χ0) is 18.5. The van der Waals surface area contributed by atoms with Crippen LogP contribution in [0.3, 0.4) is 0 Å². The summed E-state index contributed by atoms with van der Waals surface area (Å²) in [7, 11) is 0. The van der Waals surface area contributed by atoms with Crippen molar-refractivity contribution in [2.75, 3.05) is 6.54 Å². The van der Waals surface area contributed by atoms with Crippen molar-refractivity contribution in [2.24, 2.45) is 0 Å². The highest BCUT2D eigenvalue weighted by atomic mass is 32.1. The molecule has 2 N–H and O–H groups in total. The smallest absolute Gasteiger partial charge is 0.272 e. The van der Waals surface area contributed by atoms with Gasteiger partial charge in [-0.05, 0) is 43.7 Å². The highest BCUT2D eigenvalue weighted by molar-refractivity contribution is 7.11. The molecule has 3 rings (SSSR count). The van der Waals surface area contributed by atoms with E-state index in [1.54, 1.807) is 35.6 Å². The van der Waals surface area contributed by atoms with Crippen molar-refractivity contribution in [1.82, 2.24) is 15.1 Å². The first-order valence-electron chi connectivity index (χ1n) is 8.77. The molecule has 3 aromatic rings. The highest BCUT2D eigenvalue weighted by Crippen LogP contribution is 2.27. The van der Waals surface area contributed by atoms with Crippen LogP contribution < -0.4 is 0 Å². The number of aromatic nitrogens is 2. The Morgan fingerprint density at radius 1 is 1.27 bits per heavy atom. The van der Waals surface area contributed by atoms with Gasteiger partial charge in [0.2, 0.25) is 0 Å². The summed E-state index contributed by atoms with van der Waals surface area (Å²) >= 11 is 1.71. The van der Waals surface area contributed by atoms with Gasteiger partial charge in [0.25, 0.3) is 5.91 Å². The predicted octanol–water partition coefficient (Wildman–Crippen LogP) is 4.59. The van der Waals surface area contributed by atoms with Gasteiger partial charge in [-0.1, -0.05) is 25.5 Å². The normalized spacial score (nSPS) is 10.8. The molecule has 0 spiro atoms. The van der Waals surface area contributed by atoms with Crippen molar-refractivity contribution in [3.63, 3.8) is 0 Å². The standard InChI is InChI=1S/C20H23N3O2S/c1-3-4-11-23(13-15-10-9-14(2)26-15)20(25)18-12-17(21-22-18)16-7-5-6-8-19(16)24/h5-10,12,24H,3-4,11,13H2,1-2H3,(H,21,22). The summed E-state index contributed by atoms with van der Waals surface area (Å²) in [6.07, 6.45) is 1.98. The third kappa shape index (κ3) is 4.14. The van der Waals surface area contributed by atoms with Gasteiger partial charge in [-0.25, -0.2) is 0 Å². The molecular weight excluding hydrogens is 346 g/mol. The number of aromatic amines is 1. The Morgan fingerprint density at radius 3 is 2.77 bits per heavy atom. The molecule has 26 heavy (non-hydrogen) atoms. The first kappa shape index (κ1) is 18.2. The van der Waals surface area contributed by atoms with E-state index in [2.05, 4.69) is 36.2 Å². The molecule has 0 bridgehead atoms. The average molecular weight is 369 g/mol. The van der Waals surface area contributed by atoms with Gasteiger partial charge in [0.15, 0.2) is 0 Å². The third-order valence-electron chi connectivity index (χ3n) is 4.20. The van der Waals surface area contributed by atoms with E-state index in [0.717, 1.165) is 12.8 Å². The van der Waals surface area contributed by atoms with Crippen LogP contribution in [0.15, 0.2) is 42.5 Å². The number of nitrogens with zero attached hydrogens (tertiary/aromatic N) is 2. The van der Waals surface area contributed by atoms with Gasteiger partial charge in [0.05, 0.1) is 12.2 Å². The van der Waals surface area contributed by atoms with Crippen LogP contribution in [0, 0.1) is 6.92 Å². The number of carbonyl (C=O) groups excluding carboxylic acids is 1. The Balaban J connectivity index is 1.81. The Bertz CT molecular complexity index is 885. The van der Waals surface area contributed by atoms with Crippen molar-refractivity contribution < 1.29 is 9.90 Å². The fraction of sp³-hybridized carbons (Fsp3) is 0.300. The maximum absolute atomic E-state index is 13.0. The van der Waals surface area contributed by atoms with E-state index in [1.165, 1.54) is 9.75 Å². The van der Waals surface area contributed by atoms with Gasteiger partial charge in [-0.2, -0.15) is 5.10 Å². The van der Waals surface area contributed by atoms with Crippen LogP contribution in [0.5, 0.6) is 5.75 Å². The maximum Gasteiger partial charge on any atom is 0.272 e. The number of hydrogen-bond donors (Lipinski definition) is 2. The fourth-order valence-corrected chi connectivity index (χ4v) is 3.70. The molecule has 1 amide bonds. The summed E-state index contributed by atoms with van der Waals surface area (Å²) in [4.78, 5) is 17.3. The number of para-hydroxylation sites is 1. The monoisotopic (exact) mass is 369 g/mol. The van der Waals surface area contributed by atoms with Crippen LogP contribution in [0.25, 0.3) is 11.3 Å². The van der Waals surface area contributed by atoms with Crippen LogP contribution in [0.1, 0.15) is 40.0 Å². The van der Waals surface area contributed by atoms with E-state index in [1.807, 2.05) is 11.0 Å². The Labute approximate surface area is 157 Å². The second kappa shape index (κ2) is 8.19. The number of aromatic hydroxyl groups is 1. The Kier molecular flexibility index (Phi) is 5.73. The number of unbranched alkanes of at least 4 members (excludes halogenated alkanes) is 1. The largest absolute Gasteiger partial charge is 0.507 e. The summed E-state index contributed by atoms with van der Waals surface area (Å²) in [5.41, 5.74) is 1.61. The number of H-pyrrole nitrogens is 1. The van der Waals surface area contributed by atoms with Crippen LogP contribution in [-0.4, -0.2) is 32.7 Å². The van der Waals surface area contributed by atoms with Gasteiger partial charge in [0.1, 0.15) is 11.4 Å². The molecule has 0 saturated heterocycles. The quantitative estimate of drug-likeness (QED) is 0.640. The molecule has 0 radical (unpaired) electrons. The summed E-state index contributed by atoms with van der Waals surface area (Å²) in [5, 5.41) is 17.0. The second-order valence-corrected chi connectivity index (χ2v) is 7.65. The molecule has 2 heterocycles. The van der Waals surface area contributed by atoms with E-state index in [4.69, 9.17) is 0 Å². The minimum atomic E-state index is -0.0707. The van der Waals surface area contributed by atoms with E-state index < -0.39 is 0 Å². The van der Waals surface area contributed by atoms with Crippen molar-refractivity contribution in [2.45, 2.75) is 33.2 Å². The van der Waals surface area contributed by atoms with E-state index in [9.17, 15) is 9.90 Å². The van der Waals surface area contributed by atoms with E-state index >= 15 is 0 Å². The van der Waals surface area contributed by atoms with Crippen molar-refractivity contribution in [3.05, 3.63) is 57.9 Å². The summed E-state index contributed by atoms with van der Waals surface area (Å²) in [5.74, 6) is 0.0774. The number of hydrogen-bond acceptors (Lipinski definition) is 4. The van der Waals surface area contributed by atoms with Crippen LogP contribution in [0.2, 0.25) is 0 Å². The third-order valence-corrected chi connectivity index (χ3v) is 5.19. The van der Waals surface area contributed by atoms with Gasteiger partial charge in [0, 0.05) is 21.9 Å². The van der Waals surface area contributed by atoms with Crippen molar-refractivity contribution >= 4 is 17.2 Å². The van der Waals surface area contributed by atoms with E-state index in [-0.39, 0.29) is 11.7 Å². The molecule has 0 aliphatic rings. The first-order chi connectivity index (χ1) is 12.6. The number of nitrogens with one attached hydrogen (secondary N) is 1. The van der Waals surface area contributed by atoms with Crippen molar-refractivity contribution in [3.8, 4) is 17.0 Å². The lowest BCUT2D eigenvalue weighted by atomic mass is 10.1. The minimum absolute atomic E-state index is 0.0707. The fourth-order valence-electron chi connectivity index (χ4n) is 2.79. The second-order valence-electron chi connectivity index (χ2n) is 6.28. The summed E-state index contributed by atoms with van der Waals surface area (Å²) in [6.45, 7) is 5.49. The van der Waals surface area contributed by atoms with Crippen LogP contribution >= 0.6 is 11.3 Å². The van der Waals surface area contributed by atoms with Crippen molar-refractivity contribution in [1.29, 1.82) is 0 Å². The number of phenols is 1. The number of rotatable bonds is 7. The number of benzene rings is 1. The number of aryl methyl sites for hydroxylation is 1. The molecule has 6 heteroatoms. The van der Waals surface area contributed by atoms with E-state index in [0.29, 0.717) is 30.0 Å².